The molecule has 1 heterocycles. The molecule has 0 fully saturated rings. The highest BCUT2D eigenvalue weighted by Crippen LogP contribution is 2.38. The average molecular weight is 345 g/mol. The van der Waals surface area contributed by atoms with Gasteiger partial charge in [-0.15, -0.1) is 0 Å². The molecular weight excluding hydrogens is 332 g/mol. The summed E-state index contributed by atoms with van der Waals surface area (Å²) in [5.74, 6) is 0. The minimum Gasteiger partial charge on any atom is -0.326 e. The van der Waals surface area contributed by atoms with Gasteiger partial charge in [-0.25, -0.2) is 0 Å². The fraction of sp³-hybridized carbons (Fsp3) is 0.0625. The number of nitrogens with two attached hydrogens (primary N) is 1. The van der Waals surface area contributed by atoms with E-state index in [0.717, 1.165) is 20.9 Å². The first kappa shape index (κ1) is 13.6. The van der Waals surface area contributed by atoms with E-state index in [1.807, 2.05) is 42.6 Å². The van der Waals surface area contributed by atoms with E-state index in [2.05, 4.69) is 33.0 Å². The minimum atomic E-state index is 0.491. The lowest BCUT2D eigenvalue weighted by Crippen LogP contribution is -2.00. The van der Waals surface area contributed by atoms with Crippen LogP contribution in [0.2, 0.25) is 0 Å². The first-order valence-electron chi connectivity index (χ1n) is 6.28. The van der Waals surface area contributed by atoms with Crippen LogP contribution in [0, 0.1) is 0 Å². The second-order valence-corrected chi connectivity index (χ2v) is 6.27. The van der Waals surface area contributed by atoms with Crippen molar-refractivity contribution in [2.24, 2.45) is 5.73 Å². The number of benzene rings is 2. The van der Waals surface area contributed by atoms with Crippen LogP contribution in [0.25, 0.3) is 10.9 Å². The quantitative estimate of drug-likeness (QED) is 0.754. The molecular formula is C16H13BrN2S. The highest BCUT2D eigenvalue weighted by atomic mass is 79.9. The third-order valence-electron chi connectivity index (χ3n) is 3.07. The molecule has 1 aromatic heterocycles. The number of hydrogen-bond donors (Lipinski definition) is 1. The first-order chi connectivity index (χ1) is 9.79. The highest BCUT2D eigenvalue weighted by Gasteiger charge is 2.10. The first-order valence-corrected chi connectivity index (χ1v) is 7.89. The van der Waals surface area contributed by atoms with Crippen molar-refractivity contribution in [2.75, 3.05) is 0 Å². The third-order valence-corrected chi connectivity index (χ3v) is 5.28. The summed E-state index contributed by atoms with van der Waals surface area (Å²) < 4.78 is 1.09. The number of aromatic nitrogens is 1. The topological polar surface area (TPSA) is 38.9 Å². The summed E-state index contributed by atoms with van der Waals surface area (Å²) in [5.41, 5.74) is 7.94. The second-order valence-electron chi connectivity index (χ2n) is 4.37. The Morgan fingerprint density at radius 3 is 2.60 bits per heavy atom. The number of rotatable bonds is 3. The largest absolute Gasteiger partial charge is 0.326 e. The third kappa shape index (κ3) is 2.59. The Hall–Kier alpha value is -1.36. The van der Waals surface area contributed by atoms with Crippen LogP contribution >= 0.6 is 27.7 Å². The van der Waals surface area contributed by atoms with Crippen molar-refractivity contribution in [3.05, 3.63) is 64.8 Å². The SMILES string of the molecule is NCc1cnc2ccccc2c1Sc1ccccc1Br. The number of pyridine rings is 1. The molecule has 3 aromatic rings. The van der Waals surface area contributed by atoms with Crippen molar-refractivity contribution in [2.45, 2.75) is 16.3 Å². The number of nitrogens with zero attached hydrogens (tertiary/aromatic N) is 1. The Kier molecular flexibility index (Phi) is 4.05. The Morgan fingerprint density at radius 2 is 1.80 bits per heavy atom. The van der Waals surface area contributed by atoms with Gasteiger partial charge < -0.3 is 5.73 Å². The minimum absolute atomic E-state index is 0.491. The van der Waals surface area contributed by atoms with E-state index in [4.69, 9.17) is 5.73 Å². The van der Waals surface area contributed by atoms with Gasteiger partial charge >= 0.3 is 0 Å². The predicted octanol–water partition coefficient (Wildman–Crippen LogP) is 4.61. The van der Waals surface area contributed by atoms with E-state index in [9.17, 15) is 0 Å². The van der Waals surface area contributed by atoms with Gasteiger partial charge in [0.15, 0.2) is 0 Å². The van der Waals surface area contributed by atoms with Gasteiger partial charge in [0, 0.05) is 32.4 Å². The van der Waals surface area contributed by atoms with Crippen LogP contribution in [0.3, 0.4) is 0 Å². The van der Waals surface area contributed by atoms with E-state index in [-0.39, 0.29) is 0 Å². The number of halogens is 1. The molecule has 0 radical (unpaired) electrons. The lowest BCUT2D eigenvalue weighted by atomic mass is 10.1. The zero-order valence-electron chi connectivity index (χ0n) is 10.7. The van der Waals surface area contributed by atoms with Gasteiger partial charge in [0.2, 0.25) is 0 Å². The van der Waals surface area contributed by atoms with E-state index in [0.29, 0.717) is 6.54 Å². The zero-order valence-corrected chi connectivity index (χ0v) is 13.1. The molecule has 0 bridgehead atoms. The van der Waals surface area contributed by atoms with Crippen molar-refractivity contribution in [1.29, 1.82) is 0 Å². The van der Waals surface area contributed by atoms with E-state index < -0.39 is 0 Å². The lowest BCUT2D eigenvalue weighted by Gasteiger charge is -2.11. The van der Waals surface area contributed by atoms with Crippen molar-refractivity contribution < 1.29 is 0 Å². The van der Waals surface area contributed by atoms with E-state index in [1.165, 1.54) is 9.79 Å². The Morgan fingerprint density at radius 1 is 1.05 bits per heavy atom. The van der Waals surface area contributed by atoms with Gasteiger partial charge in [-0.05, 0) is 39.7 Å². The maximum Gasteiger partial charge on any atom is 0.0713 e. The average Bonchev–Trinajstić information content (AvgIpc) is 2.50. The molecule has 0 spiro atoms. The standard InChI is InChI=1S/C16H13BrN2S/c17-13-6-2-4-8-15(13)20-16-11(9-18)10-19-14-7-3-1-5-12(14)16/h1-8,10H,9,18H2. The smallest absolute Gasteiger partial charge is 0.0713 e. The zero-order chi connectivity index (χ0) is 13.9. The normalized spacial score (nSPS) is 10.9. The molecule has 0 saturated carbocycles. The molecule has 3 rings (SSSR count). The molecule has 0 aliphatic carbocycles. The molecule has 0 aliphatic rings. The predicted molar refractivity (Wildman–Crippen MR) is 87.9 cm³/mol. The van der Waals surface area contributed by atoms with Crippen LogP contribution < -0.4 is 5.73 Å². The summed E-state index contributed by atoms with van der Waals surface area (Å²) in [7, 11) is 0. The van der Waals surface area contributed by atoms with Gasteiger partial charge in [-0.3, -0.25) is 4.98 Å². The van der Waals surface area contributed by atoms with Gasteiger partial charge in [-0.2, -0.15) is 0 Å². The number of hydrogen-bond acceptors (Lipinski definition) is 3. The fourth-order valence-corrected chi connectivity index (χ4v) is 3.67. The van der Waals surface area contributed by atoms with Crippen LogP contribution in [-0.2, 0) is 6.54 Å². The van der Waals surface area contributed by atoms with Crippen LogP contribution in [0.15, 0.2) is 69.0 Å². The summed E-state index contributed by atoms with van der Waals surface area (Å²) >= 11 is 5.32. The Balaban J connectivity index is 2.16. The maximum absolute atomic E-state index is 5.87. The molecule has 2 N–H and O–H groups in total. The number of para-hydroxylation sites is 1. The molecule has 2 nitrogen and oxygen atoms in total. The van der Waals surface area contributed by atoms with Crippen LogP contribution in [-0.4, -0.2) is 4.98 Å². The Bertz CT molecular complexity index is 758. The van der Waals surface area contributed by atoms with Crippen LogP contribution in [0.1, 0.15) is 5.56 Å². The molecule has 0 amide bonds. The highest BCUT2D eigenvalue weighted by molar-refractivity contribution is 9.10. The van der Waals surface area contributed by atoms with E-state index >= 15 is 0 Å². The summed E-state index contributed by atoms with van der Waals surface area (Å²) in [5, 5.41) is 1.15. The lowest BCUT2D eigenvalue weighted by molar-refractivity contribution is 1.02. The van der Waals surface area contributed by atoms with E-state index in [1.54, 1.807) is 11.8 Å². The summed E-state index contributed by atoms with van der Waals surface area (Å²) in [6, 6.07) is 16.4. The van der Waals surface area contributed by atoms with Gasteiger partial charge in [-0.1, -0.05) is 42.1 Å². The van der Waals surface area contributed by atoms with Crippen LogP contribution in [0.5, 0.6) is 0 Å². The van der Waals surface area contributed by atoms with Crippen LogP contribution in [0.4, 0.5) is 0 Å². The molecule has 20 heavy (non-hydrogen) atoms. The summed E-state index contributed by atoms with van der Waals surface area (Å²) in [6.07, 6.45) is 1.88. The van der Waals surface area contributed by atoms with Crippen molar-refractivity contribution in [3.8, 4) is 0 Å². The molecule has 100 valence electrons. The van der Waals surface area contributed by atoms with Gasteiger partial charge in [0.05, 0.1) is 5.52 Å². The molecule has 0 atom stereocenters. The summed E-state index contributed by atoms with van der Waals surface area (Å²) in [4.78, 5) is 6.84. The molecule has 2 aromatic carbocycles. The van der Waals surface area contributed by atoms with Gasteiger partial charge in [0.25, 0.3) is 0 Å². The van der Waals surface area contributed by atoms with Crippen molar-refractivity contribution in [1.82, 2.24) is 4.98 Å². The van der Waals surface area contributed by atoms with Gasteiger partial charge in [0.1, 0.15) is 0 Å². The monoisotopic (exact) mass is 344 g/mol. The number of fused-ring (bicyclic) bond motifs is 1. The summed E-state index contributed by atoms with van der Waals surface area (Å²) in [6.45, 7) is 0.491. The molecule has 0 saturated heterocycles. The van der Waals surface area contributed by atoms with Crippen molar-refractivity contribution in [3.63, 3.8) is 0 Å². The fourth-order valence-electron chi connectivity index (χ4n) is 2.06. The Labute approximate surface area is 130 Å². The molecule has 0 aliphatic heterocycles. The molecule has 4 heteroatoms. The second kappa shape index (κ2) is 5.95. The molecule has 0 unspecified atom stereocenters. The maximum atomic E-state index is 5.87. The van der Waals surface area contributed by atoms with Crippen molar-refractivity contribution >= 4 is 38.6 Å².